The minimum atomic E-state index is -4.54. The van der Waals surface area contributed by atoms with Crippen molar-refractivity contribution in [2.75, 3.05) is 6.54 Å². The fraction of sp³-hybridized carbons (Fsp3) is 0.235. The van der Waals surface area contributed by atoms with Gasteiger partial charge in [0.1, 0.15) is 11.9 Å². The Bertz CT molecular complexity index is 722. The summed E-state index contributed by atoms with van der Waals surface area (Å²) in [6, 6.07) is 9.54. The number of alkyl halides is 3. The van der Waals surface area contributed by atoms with Gasteiger partial charge in [0.15, 0.2) is 0 Å². The van der Waals surface area contributed by atoms with Crippen LogP contribution in [0.1, 0.15) is 17.2 Å². The van der Waals surface area contributed by atoms with Crippen LogP contribution in [0, 0.1) is 5.82 Å². The lowest BCUT2D eigenvalue weighted by Crippen LogP contribution is -2.40. The second-order valence-electron chi connectivity index (χ2n) is 5.28. The summed E-state index contributed by atoms with van der Waals surface area (Å²) in [4.78, 5) is 11.8. The van der Waals surface area contributed by atoms with Crippen LogP contribution in [0.5, 0.6) is 0 Å². The average Bonchev–Trinajstić information content (AvgIpc) is 2.55. The molecule has 2 N–H and O–H groups in total. The fourth-order valence-electron chi connectivity index (χ4n) is 2.20. The lowest BCUT2D eigenvalue weighted by molar-refractivity contribution is -0.158. The molecule has 2 rings (SSSR count). The molecule has 0 aliphatic heterocycles. The third-order valence-corrected chi connectivity index (χ3v) is 3.90. The third kappa shape index (κ3) is 5.82. The monoisotopic (exact) mass is 418 g/mol. The number of halogens is 5. The normalized spacial score (nSPS) is 12.7. The van der Waals surface area contributed by atoms with Gasteiger partial charge in [0.25, 0.3) is 0 Å². The first-order chi connectivity index (χ1) is 11.8. The molecule has 0 fully saturated rings. The number of hydrogen-bond acceptors (Lipinski definition) is 2. The van der Waals surface area contributed by atoms with Crippen LogP contribution in [-0.2, 0) is 11.3 Å². The standard InChI is InChI=1S/C17H15BrF4N2O/c18-13-6-7-14(19)12(8-13)9-23-15(25)10-24-16(17(20,21)22)11-4-2-1-3-5-11/h1-8,16,24H,9-10H2,(H,23,25). The highest BCUT2D eigenvalue weighted by Gasteiger charge is 2.40. The molecule has 0 heterocycles. The number of benzene rings is 2. The van der Waals surface area contributed by atoms with Crippen molar-refractivity contribution in [3.05, 3.63) is 69.9 Å². The molecule has 1 unspecified atom stereocenters. The Hall–Kier alpha value is -1.93. The van der Waals surface area contributed by atoms with Crippen molar-refractivity contribution >= 4 is 21.8 Å². The molecule has 8 heteroatoms. The smallest absolute Gasteiger partial charge is 0.351 e. The van der Waals surface area contributed by atoms with E-state index in [2.05, 4.69) is 26.6 Å². The van der Waals surface area contributed by atoms with Crippen LogP contribution in [0.2, 0.25) is 0 Å². The van der Waals surface area contributed by atoms with Gasteiger partial charge in [-0.3, -0.25) is 10.1 Å². The molecule has 25 heavy (non-hydrogen) atoms. The zero-order valence-corrected chi connectivity index (χ0v) is 14.5. The Labute approximate surface area is 150 Å². The summed E-state index contributed by atoms with van der Waals surface area (Å²) in [5.74, 6) is -1.17. The first-order valence-electron chi connectivity index (χ1n) is 7.33. The number of amides is 1. The average molecular weight is 419 g/mol. The van der Waals surface area contributed by atoms with Crippen molar-refractivity contribution in [1.29, 1.82) is 0 Å². The van der Waals surface area contributed by atoms with Crippen LogP contribution >= 0.6 is 15.9 Å². The van der Waals surface area contributed by atoms with E-state index < -0.39 is 30.5 Å². The zero-order valence-electron chi connectivity index (χ0n) is 12.9. The first kappa shape index (κ1) is 19.4. The van der Waals surface area contributed by atoms with Crippen LogP contribution < -0.4 is 10.6 Å². The molecule has 0 aromatic heterocycles. The molecule has 1 atom stereocenters. The highest BCUT2D eigenvalue weighted by atomic mass is 79.9. The predicted octanol–water partition coefficient (Wildman–Crippen LogP) is 4.10. The molecular weight excluding hydrogens is 404 g/mol. The number of carbonyl (C=O) groups is 1. The maximum Gasteiger partial charge on any atom is 0.407 e. The Morgan fingerprint density at radius 1 is 1.12 bits per heavy atom. The minimum Gasteiger partial charge on any atom is -0.351 e. The van der Waals surface area contributed by atoms with Crippen LogP contribution in [0.25, 0.3) is 0 Å². The molecule has 0 saturated carbocycles. The summed E-state index contributed by atoms with van der Waals surface area (Å²) >= 11 is 3.18. The van der Waals surface area contributed by atoms with E-state index in [1.165, 1.54) is 42.5 Å². The highest BCUT2D eigenvalue weighted by Crippen LogP contribution is 2.32. The highest BCUT2D eigenvalue weighted by molar-refractivity contribution is 9.10. The lowest BCUT2D eigenvalue weighted by Gasteiger charge is -2.22. The predicted molar refractivity (Wildman–Crippen MR) is 89.2 cm³/mol. The Kier molecular flexibility index (Phi) is 6.55. The molecule has 0 aliphatic carbocycles. The minimum absolute atomic E-state index is 0.0147. The third-order valence-electron chi connectivity index (χ3n) is 3.41. The van der Waals surface area contributed by atoms with Gasteiger partial charge in [0.2, 0.25) is 5.91 Å². The Balaban J connectivity index is 1.94. The van der Waals surface area contributed by atoms with Crippen molar-refractivity contribution in [2.24, 2.45) is 0 Å². The molecule has 0 radical (unpaired) electrons. The quantitative estimate of drug-likeness (QED) is 0.693. The molecule has 0 spiro atoms. The summed E-state index contributed by atoms with van der Waals surface area (Å²) < 4.78 is 53.7. The molecular formula is C17H15BrF4N2O. The Morgan fingerprint density at radius 2 is 1.80 bits per heavy atom. The second kappa shape index (κ2) is 8.44. The van der Waals surface area contributed by atoms with Crippen molar-refractivity contribution in [3.8, 4) is 0 Å². The molecule has 134 valence electrons. The summed E-state index contributed by atoms with van der Waals surface area (Å²) in [5, 5.41) is 4.59. The molecule has 3 nitrogen and oxygen atoms in total. The molecule has 0 saturated heterocycles. The first-order valence-corrected chi connectivity index (χ1v) is 8.12. The van der Waals surface area contributed by atoms with Gasteiger partial charge in [0.05, 0.1) is 6.54 Å². The summed E-state index contributed by atoms with van der Waals surface area (Å²) in [6.45, 7) is -0.664. The molecule has 0 aliphatic rings. The van der Waals surface area contributed by atoms with E-state index in [4.69, 9.17) is 0 Å². The van der Waals surface area contributed by atoms with Crippen molar-refractivity contribution in [2.45, 2.75) is 18.8 Å². The largest absolute Gasteiger partial charge is 0.407 e. The topological polar surface area (TPSA) is 41.1 Å². The van der Waals surface area contributed by atoms with Gasteiger partial charge >= 0.3 is 6.18 Å². The maximum atomic E-state index is 13.6. The summed E-state index contributed by atoms with van der Waals surface area (Å²) in [7, 11) is 0. The molecule has 1 amide bonds. The fourth-order valence-corrected chi connectivity index (χ4v) is 2.61. The van der Waals surface area contributed by atoms with Gasteiger partial charge in [0, 0.05) is 16.6 Å². The lowest BCUT2D eigenvalue weighted by atomic mass is 10.1. The van der Waals surface area contributed by atoms with E-state index in [1.54, 1.807) is 6.07 Å². The van der Waals surface area contributed by atoms with Crippen LogP contribution in [0.4, 0.5) is 17.6 Å². The molecule has 2 aromatic carbocycles. The maximum absolute atomic E-state index is 13.6. The van der Waals surface area contributed by atoms with Gasteiger partial charge in [-0.25, -0.2) is 4.39 Å². The van der Waals surface area contributed by atoms with Crippen molar-refractivity contribution < 1.29 is 22.4 Å². The number of hydrogen-bond donors (Lipinski definition) is 2. The van der Waals surface area contributed by atoms with Crippen molar-refractivity contribution in [3.63, 3.8) is 0 Å². The van der Waals surface area contributed by atoms with E-state index in [0.29, 0.717) is 4.47 Å². The van der Waals surface area contributed by atoms with E-state index >= 15 is 0 Å². The number of carbonyl (C=O) groups excluding carboxylic acids is 1. The van der Waals surface area contributed by atoms with Gasteiger partial charge < -0.3 is 5.32 Å². The second-order valence-corrected chi connectivity index (χ2v) is 6.19. The van der Waals surface area contributed by atoms with Gasteiger partial charge in [-0.2, -0.15) is 13.2 Å². The SMILES string of the molecule is O=C(CNC(c1ccccc1)C(F)(F)F)NCc1cc(Br)ccc1F. The summed E-state index contributed by atoms with van der Waals surface area (Å²) in [6.07, 6.45) is -4.54. The van der Waals surface area contributed by atoms with E-state index in [9.17, 15) is 22.4 Å². The van der Waals surface area contributed by atoms with E-state index in [1.807, 2.05) is 0 Å². The summed E-state index contributed by atoms with van der Waals surface area (Å²) in [5.41, 5.74) is 0.249. The van der Waals surface area contributed by atoms with Gasteiger partial charge in [-0.15, -0.1) is 0 Å². The molecule has 2 aromatic rings. The Morgan fingerprint density at radius 3 is 2.44 bits per heavy atom. The number of nitrogens with one attached hydrogen (secondary N) is 2. The zero-order chi connectivity index (χ0) is 18.4. The van der Waals surface area contributed by atoms with Gasteiger partial charge in [-0.05, 0) is 23.8 Å². The van der Waals surface area contributed by atoms with Crippen LogP contribution in [0.3, 0.4) is 0 Å². The molecule has 0 bridgehead atoms. The number of rotatable bonds is 6. The van der Waals surface area contributed by atoms with Crippen LogP contribution in [-0.4, -0.2) is 18.6 Å². The van der Waals surface area contributed by atoms with Crippen LogP contribution in [0.15, 0.2) is 53.0 Å². The van der Waals surface area contributed by atoms with E-state index in [0.717, 1.165) is 0 Å². The van der Waals surface area contributed by atoms with Gasteiger partial charge in [-0.1, -0.05) is 46.3 Å². The van der Waals surface area contributed by atoms with Crippen molar-refractivity contribution in [1.82, 2.24) is 10.6 Å². The van der Waals surface area contributed by atoms with E-state index in [-0.39, 0.29) is 17.7 Å².